The van der Waals surface area contributed by atoms with E-state index in [-0.39, 0.29) is 12.5 Å². The molecule has 0 fully saturated rings. The third kappa shape index (κ3) is 5.58. The van der Waals surface area contributed by atoms with Gasteiger partial charge in [0.05, 0.1) is 6.21 Å². The molecule has 0 aliphatic rings. The predicted molar refractivity (Wildman–Crippen MR) is 92.9 cm³/mol. The van der Waals surface area contributed by atoms with Crippen LogP contribution in [0.3, 0.4) is 0 Å². The lowest BCUT2D eigenvalue weighted by atomic mass is 10.0. The predicted octanol–water partition coefficient (Wildman–Crippen LogP) is 3.65. The second-order valence-electron chi connectivity index (χ2n) is 5.72. The molecule has 0 saturated carbocycles. The van der Waals surface area contributed by atoms with Gasteiger partial charge in [0, 0.05) is 0 Å². The number of hydrazone groups is 1. The lowest BCUT2D eigenvalue weighted by Crippen LogP contribution is -2.24. The number of benzene rings is 2. The van der Waals surface area contributed by atoms with Gasteiger partial charge in [-0.2, -0.15) is 5.10 Å². The highest BCUT2D eigenvalue weighted by atomic mass is 16.5. The normalized spacial score (nSPS) is 11.0. The minimum Gasteiger partial charge on any atom is -0.484 e. The summed E-state index contributed by atoms with van der Waals surface area (Å²) < 4.78 is 5.44. The monoisotopic (exact) mass is 310 g/mol. The highest BCUT2D eigenvalue weighted by molar-refractivity contribution is 5.82. The van der Waals surface area contributed by atoms with Gasteiger partial charge in [0.25, 0.3) is 5.91 Å². The summed E-state index contributed by atoms with van der Waals surface area (Å²) in [5.41, 5.74) is 5.81. The molecule has 0 heterocycles. The average molecular weight is 310 g/mol. The van der Waals surface area contributed by atoms with Crippen molar-refractivity contribution in [3.05, 3.63) is 65.2 Å². The molecule has 0 aliphatic carbocycles. The van der Waals surface area contributed by atoms with Gasteiger partial charge in [0.15, 0.2) is 6.61 Å². The summed E-state index contributed by atoms with van der Waals surface area (Å²) in [6, 6.07) is 15.6. The quantitative estimate of drug-likeness (QED) is 0.654. The van der Waals surface area contributed by atoms with Gasteiger partial charge in [-0.3, -0.25) is 4.79 Å². The lowest BCUT2D eigenvalue weighted by Gasteiger charge is -2.08. The molecule has 1 N–H and O–H groups in total. The molecule has 0 atom stereocenters. The molecule has 0 radical (unpaired) electrons. The molecule has 23 heavy (non-hydrogen) atoms. The Balaban J connectivity index is 1.77. The van der Waals surface area contributed by atoms with E-state index in [1.807, 2.05) is 55.5 Å². The summed E-state index contributed by atoms with van der Waals surface area (Å²) in [7, 11) is 0. The van der Waals surface area contributed by atoms with Crippen molar-refractivity contribution in [1.29, 1.82) is 0 Å². The molecule has 0 saturated heterocycles. The van der Waals surface area contributed by atoms with Gasteiger partial charge in [0.2, 0.25) is 0 Å². The van der Waals surface area contributed by atoms with Crippen LogP contribution in [0.15, 0.2) is 53.6 Å². The molecule has 2 rings (SSSR count). The second-order valence-corrected chi connectivity index (χ2v) is 5.72. The van der Waals surface area contributed by atoms with Crippen LogP contribution in [-0.4, -0.2) is 18.7 Å². The number of carbonyl (C=O) groups excluding carboxylic acids is 1. The SMILES string of the molecule is Cc1ccc(/C=N/NC(=O)COc2ccc(C(C)C)cc2)cc1. The fourth-order valence-corrected chi connectivity index (χ4v) is 1.96. The van der Waals surface area contributed by atoms with Crippen molar-refractivity contribution >= 4 is 12.1 Å². The first-order valence-corrected chi connectivity index (χ1v) is 7.66. The molecule has 0 bridgehead atoms. The number of hydrogen-bond donors (Lipinski definition) is 1. The van der Waals surface area contributed by atoms with Crippen molar-refractivity contribution in [1.82, 2.24) is 5.43 Å². The van der Waals surface area contributed by atoms with Crippen LogP contribution in [0.5, 0.6) is 5.75 Å². The van der Waals surface area contributed by atoms with E-state index < -0.39 is 0 Å². The fraction of sp³-hybridized carbons (Fsp3) is 0.263. The number of nitrogens with zero attached hydrogens (tertiary/aromatic N) is 1. The summed E-state index contributed by atoms with van der Waals surface area (Å²) in [6.45, 7) is 6.23. The zero-order valence-corrected chi connectivity index (χ0v) is 13.7. The summed E-state index contributed by atoms with van der Waals surface area (Å²) >= 11 is 0. The van der Waals surface area contributed by atoms with E-state index in [9.17, 15) is 4.79 Å². The summed E-state index contributed by atoms with van der Waals surface area (Å²) in [4.78, 5) is 11.7. The number of nitrogens with one attached hydrogen (secondary N) is 1. The molecule has 0 unspecified atom stereocenters. The minimum absolute atomic E-state index is 0.0632. The molecule has 2 aromatic rings. The Hall–Kier alpha value is -2.62. The number of rotatable bonds is 6. The number of hydrogen-bond acceptors (Lipinski definition) is 3. The Morgan fingerprint density at radius 2 is 1.78 bits per heavy atom. The van der Waals surface area contributed by atoms with Gasteiger partial charge >= 0.3 is 0 Å². The molecule has 4 nitrogen and oxygen atoms in total. The highest BCUT2D eigenvalue weighted by Gasteiger charge is 2.03. The van der Waals surface area contributed by atoms with Crippen LogP contribution in [0.25, 0.3) is 0 Å². The number of aryl methyl sites for hydroxylation is 1. The van der Waals surface area contributed by atoms with Crippen LogP contribution in [0.1, 0.15) is 36.5 Å². The number of amides is 1. The first-order chi connectivity index (χ1) is 11.0. The zero-order valence-electron chi connectivity index (χ0n) is 13.7. The van der Waals surface area contributed by atoms with Crippen LogP contribution in [0.4, 0.5) is 0 Å². The van der Waals surface area contributed by atoms with Crippen LogP contribution < -0.4 is 10.2 Å². The minimum atomic E-state index is -0.290. The topological polar surface area (TPSA) is 50.7 Å². The first-order valence-electron chi connectivity index (χ1n) is 7.66. The Bertz CT molecular complexity index is 659. The van der Waals surface area contributed by atoms with E-state index in [2.05, 4.69) is 24.4 Å². The van der Waals surface area contributed by atoms with Crippen molar-refractivity contribution in [2.24, 2.45) is 5.10 Å². The largest absolute Gasteiger partial charge is 0.484 e. The first kappa shape index (κ1) is 16.7. The summed E-state index contributed by atoms with van der Waals surface area (Å²) in [5, 5.41) is 3.92. The molecule has 0 aromatic heterocycles. The molecule has 1 amide bonds. The molecule has 120 valence electrons. The highest BCUT2D eigenvalue weighted by Crippen LogP contribution is 2.18. The molecular weight excluding hydrogens is 288 g/mol. The Morgan fingerprint density at radius 3 is 2.39 bits per heavy atom. The van der Waals surface area contributed by atoms with E-state index in [1.54, 1.807) is 6.21 Å². The van der Waals surface area contributed by atoms with E-state index in [4.69, 9.17) is 4.74 Å². The van der Waals surface area contributed by atoms with Gasteiger partial charge in [-0.15, -0.1) is 0 Å². The summed E-state index contributed by atoms with van der Waals surface area (Å²) in [6.07, 6.45) is 1.61. The van der Waals surface area contributed by atoms with Crippen molar-refractivity contribution < 1.29 is 9.53 Å². The van der Waals surface area contributed by atoms with Crippen LogP contribution in [0.2, 0.25) is 0 Å². The fourth-order valence-electron chi connectivity index (χ4n) is 1.96. The Labute approximate surface area is 137 Å². The van der Waals surface area contributed by atoms with Crippen molar-refractivity contribution in [3.63, 3.8) is 0 Å². The molecule has 0 aliphatic heterocycles. The standard InChI is InChI=1S/C19H22N2O2/c1-14(2)17-8-10-18(11-9-17)23-13-19(22)21-20-12-16-6-4-15(3)5-7-16/h4-12,14H,13H2,1-3H3,(H,21,22)/b20-12+. The van der Waals surface area contributed by atoms with Crippen molar-refractivity contribution in [3.8, 4) is 5.75 Å². The van der Waals surface area contributed by atoms with E-state index in [1.165, 1.54) is 11.1 Å². The van der Waals surface area contributed by atoms with Gasteiger partial charge in [-0.05, 0) is 36.1 Å². The molecular formula is C19H22N2O2. The average Bonchev–Trinajstić information content (AvgIpc) is 2.55. The Kier molecular flexibility index (Phi) is 5.92. The number of carbonyl (C=O) groups is 1. The van der Waals surface area contributed by atoms with Gasteiger partial charge in [-0.1, -0.05) is 55.8 Å². The molecule has 0 spiro atoms. The summed E-state index contributed by atoms with van der Waals surface area (Å²) in [5.74, 6) is 0.858. The molecule has 2 aromatic carbocycles. The van der Waals surface area contributed by atoms with Gasteiger partial charge in [0.1, 0.15) is 5.75 Å². The zero-order chi connectivity index (χ0) is 16.7. The maximum Gasteiger partial charge on any atom is 0.277 e. The maximum atomic E-state index is 11.7. The smallest absolute Gasteiger partial charge is 0.277 e. The third-order valence-corrected chi connectivity index (χ3v) is 3.40. The maximum absolute atomic E-state index is 11.7. The second kappa shape index (κ2) is 8.13. The van der Waals surface area contributed by atoms with Gasteiger partial charge < -0.3 is 4.74 Å². The number of ether oxygens (including phenoxy) is 1. The van der Waals surface area contributed by atoms with Crippen LogP contribution in [0, 0.1) is 6.92 Å². The van der Waals surface area contributed by atoms with E-state index >= 15 is 0 Å². The van der Waals surface area contributed by atoms with Gasteiger partial charge in [-0.25, -0.2) is 5.43 Å². The van der Waals surface area contributed by atoms with Crippen molar-refractivity contribution in [2.45, 2.75) is 26.7 Å². The van der Waals surface area contributed by atoms with E-state index in [0.29, 0.717) is 11.7 Å². The van der Waals surface area contributed by atoms with Crippen LogP contribution in [-0.2, 0) is 4.79 Å². The third-order valence-electron chi connectivity index (χ3n) is 3.40. The lowest BCUT2D eigenvalue weighted by molar-refractivity contribution is -0.123. The van der Waals surface area contributed by atoms with Crippen molar-refractivity contribution in [2.75, 3.05) is 6.61 Å². The van der Waals surface area contributed by atoms with E-state index in [0.717, 1.165) is 5.56 Å². The van der Waals surface area contributed by atoms with Crippen LogP contribution >= 0.6 is 0 Å². The Morgan fingerprint density at radius 1 is 1.13 bits per heavy atom. The molecule has 4 heteroatoms.